The van der Waals surface area contributed by atoms with Crippen LogP contribution in [0.3, 0.4) is 0 Å². The van der Waals surface area contributed by atoms with Gasteiger partial charge in [0.2, 0.25) is 0 Å². The molecule has 1 aliphatic heterocycles. The SMILES string of the molecule is Cc1nc2n(n1)[C@H](c1ccccc1)CC2. The summed E-state index contributed by atoms with van der Waals surface area (Å²) in [5, 5.41) is 4.45. The Labute approximate surface area is 88.8 Å². The zero-order chi connectivity index (χ0) is 10.3. The quantitative estimate of drug-likeness (QED) is 0.704. The van der Waals surface area contributed by atoms with Crippen LogP contribution in [0, 0.1) is 6.92 Å². The first-order valence-corrected chi connectivity index (χ1v) is 5.31. The Bertz CT molecular complexity index is 473. The van der Waals surface area contributed by atoms with Crippen LogP contribution in [0.5, 0.6) is 0 Å². The molecule has 0 unspecified atom stereocenters. The number of nitrogens with zero attached hydrogens (tertiary/aromatic N) is 3. The Morgan fingerprint density at radius 3 is 2.87 bits per heavy atom. The van der Waals surface area contributed by atoms with E-state index in [0.29, 0.717) is 6.04 Å². The fraction of sp³-hybridized carbons (Fsp3) is 0.333. The maximum Gasteiger partial charge on any atom is 0.147 e. The van der Waals surface area contributed by atoms with Crippen LogP contribution in [0.15, 0.2) is 30.3 Å². The summed E-state index contributed by atoms with van der Waals surface area (Å²) in [6.45, 7) is 1.95. The van der Waals surface area contributed by atoms with Gasteiger partial charge in [-0.2, -0.15) is 5.10 Å². The Balaban J connectivity index is 2.03. The lowest BCUT2D eigenvalue weighted by Gasteiger charge is -2.11. The van der Waals surface area contributed by atoms with E-state index in [1.807, 2.05) is 13.0 Å². The van der Waals surface area contributed by atoms with Crippen LogP contribution < -0.4 is 0 Å². The second-order valence-corrected chi connectivity index (χ2v) is 3.98. The first-order chi connectivity index (χ1) is 7.34. The lowest BCUT2D eigenvalue weighted by atomic mass is 10.1. The van der Waals surface area contributed by atoms with E-state index < -0.39 is 0 Å². The highest BCUT2D eigenvalue weighted by Crippen LogP contribution is 2.29. The summed E-state index contributed by atoms with van der Waals surface area (Å²) in [5.74, 6) is 2.01. The second kappa shape index (κ2) is 3.19. The van der Waals surface area contributed by atoms with Crippen molar-refractivity contribution >= 4 is 0 Å². The molecule has 15 heavy (non-hydrogen) atoms. The molecule has 0 saturated heterocycles. The maximum absolute atomic E-state index is 4.45. The largest absolute Gasteiger partial charge is 0.242 e. The van der Waals surface area contributed by atoms with Crippen molar-refractivity contribution in [2.24, 2.45) is 0 Å². The van der Waals surface area contributed by atoms with Gasteiger partial charge in [0.15, 0.2) is 0 Å². The molecule has 2 aromatic rings. The van der Waals surface area contributed by atoms with Gasteiger partial charge in [0.25, 0.3) is 0 Å². The second-order valence-electron chi connectivity index (χ2n) is 3.98. The number of aromatic nitrogens is 3. The van der Waals surface area contributed by atoms with Gasteiger partial charge in [-0.05, 0) is 18.9 Å². The average molecular weight is 199 g/mol. The Kier molecular flexibility index (Phi) is 1.84. The van der Waals surface area contributed by atoms with E-state index in [0.717, 1.165) is 24.5 Å². The molecule has 3 nitrogen and oxygen atoms in total. The minimum atomic E-state index is 0.391. The first kappa shape index (κ1) is 8.65. The minimum Gasteiger partial charge on any atom is -0.242 e. The summed E-state index contributed by atoms with van der Waals surface area (Å²) in [6, 6.07) is 10.9. The summed E-state index contributed by atoms with van der Waals surface area (Å²) >= 11 is 0. The molecule has 0 bridgehead atoms. The molecule has 0 fully saturated rings. The zero-order valence-electron chi connectivity index (χ0n) is 8.72. The van der Waals surface area contributed by atoms with E-state index in [4.69, 9.17) is 0 Å². The van der Waals surface area contributed by atoms with Crippen LogP contribution in [0.25, 0.3) is 0 Å². The first-order valence-electron chi connectivity index (χ1n) is 5.31. The van der Waals surface area contributed by atoms with Gasteiger partial charge in [0.1, 0.15) is 11.6 Å². The molecule has 1 aromatic carbocycles. The molecule has 1 aliphatic rings. The molecule has 0 spiro atoms. The number of rotatable bonds is 1. The highest BCUT2D eigenvalue weighted by molar-refractivity contribution is 5.22. The summed E-state index contributed by atoms with van der Waals surface area (Å²) in [6.07, 6.45) is 2.17. The van der Waals surface area contributed by atoms with Crippen LogP contribution >= 0.6 is 0 Å². The predicted octanol–water partition coefficient (Wildman–Crippen LogP) is 2.12. The Hall–Kier alpha value is -1.64. The molecule has 76 valence electrons. The van der Waals surface area contributed by atoms with E-state index >= 15 is 0 Å². The molecule has 1 atom stereocenters. The van der Waals surface area contributed by atoms with Crippen LogP contribution in [-0.2, 0) is 6.42 Å². The van der Waals surface area contributed by atoms with Gasteiger partial charge in [0.05, 0.1) is 6.04 Å². The molecular weight excluding hydrogens is 186 g/mol. The molecule has 1 aromatic heterocycles. The van der Waals surface area contributed by atoms with Crippen molar-refractivity contribution in [1.82, 2.24) is 14.8 Å². The third-order valence-corrected chi connectivity index (χ3v) is 2.93. The summed E-state index contributed by atoms with van der Waals surface area (Å²) in [7, 11) is 0. The van der Waals surface area contributed by atoms with Crippen LogP contribution in [0.1, 0.15) is 29.7 Å². The monoisotopic (exact) mass is 199 g/mol. The lowest BCUT2D eigenvalue weighted by Crippen LogP contribution is -2.07. The fourth-order valence-corrected chi connectivity index (χ4v) is 2.27. The normalized spacial score (nSPS) is 19.1. The van der Waals surface area contributed by atoms with E-state index in [-0.39, 0.29) is 0 Å². The zero-order valence-corrected chi connectivity index (χ0v) is 8.72. The van der Waals surface area contributed by atoms with Gasteiger partial charge >= 0.3 is 0 Å². The van der Waals surface area contributed by atoms with Crippen molar-refractivity contribution in [2.75, 3.05) is 0 Å². The van der Waals surface area contributed by atoms with E-state index in [9.17, 15) is 0 Å². The molecule has 3 heteroatoms. The molecule has 3 rings (SSSR count). The minimum absolute atomic E-state index is 0.391. The van der Waals surface area contributed by atoms with Gasteiger partial charge in [-0.3, -0.25) is 0 Å². The average Bonchev–Trinajstić information content (AvgIpc) is 2.77. The fourth-order valence-electron chi connectivity index (χ4n) is 2.27. The third kappa shape index (κ3) is 1.35. The number of fused-ring (bicyclic) bond motifs is 1. The van der Waals surface area contributed by atoms with Gasteiger partial charge in [-0.15, -0.1) is 0 Å². The Morgan fingerprint density at radius 1 is 1.27 bits per heavy atom. The van der Waals surface area contributed by atoms with Gasteiger partial charge in [-0.25, -0.2) is 9.67 Å². The molecule has 0 radical (unpaired) electrons. The van der Waals surface area contributed by atoms with Crippen LogP contribution in [0.2, 0.25) is 0 Å². The molecule has 2 heterocycles. The summed E-state index contributed by atoms with van der Waals surface area (Å²) in [5.41, 5.74) is 1.33. The van der Waals surface area contributed by atoms with Crippen molar-refractivity contribution in [3.8, 4) is 0 Å². The molecule has 0 amide bonds. The molecule has 0 saturated carbocycles. The number of aryl methyl sites for hydroxylation is 2. The standard InChI is InChI=1S/C12H13N3/c1-9-13-12-8-7-11(15(12)14-9)10-5-3-2-4-6-10/h2-6,11H,7-8H2,1H3/t11-/m0/s1. The topological polar surface area (TPSA) is 30.7 Å². The van der Waals surface area contributed by atoms with E-state index in [1.165, 1.54) is 5.56 Å². The molecular formula is C12H13N3. The van der Waals surface area contributed by atoms with E-state index in [2.05, 4.69) is 39.0 Å². The molecule has 0 N–H and O–H groups in total. The predicted molar refractivity (Wildman–Crippen MR) is 57.7 cm³/mol. The van der Waals surface area contributed by atoms with Gasteiger partial charge in [-0.1, -0.05) is 30.3 Å². The maximum atomic E-state index is 4.45. The Morgan fingerprint density at radius 2 is 2.07 bits per heavy atom. The van der Waals surface area contributed by atoms with Crippen LogP contribution in [0.4, 0.5) is 0 Å². The smallest absolute Gasteiger partial charge is 0.147 e. The van der Waals surface area contributed by atoms with Crippen molar-refractivity contribution in [2.45, 2.75) is 25.8 Å². The molecule has 0 aliphatic carbocycles. The van der Waals surface area contributed by atoms with Crippen molar-refractivity contribution in [1.29, 1.82) is 0 Å². The lowest BCUT2D eigenvalue weighted by molar-refractivity contribution is 0.551. The van der Waals surface area contributed by atoms with Crippen LogP contribution in [-0.4, -0.2) is 14.8 Å². The number of benzene rings is 1. The third-order valence-electron chi connectivity index (χ3n) is 2.93. The highest BCUT2D eigenvalue weighted by Gasteiger charge is 2.25. The van der Waals surface area contributed by atoms with Crippen molar-refractivity contribution in [3.63, 3.8) is 0 Å². The number of hydrogen-bond acceptors (Lipinski definition) is 2. The van der Waals surface area contributed by atoms with E-state index in [1.54, 1.807) is 0 Å². The van der Waals surface area contributed by atoms with Crippen molar-refractivity contribution < 1.29 is 0 Å². The van der Waals surface area contributed by atoms with Gasteiger partial charge < -0.3 is 0 Å². The van der Waals surface area contributed by atoms with Gasteiger partial charge in [0, 0.05) is 6.42 Å². The van der Waals surface area contributed by atoms with Crippen molar-refractivity contribution in [3.05, 3.63) is 47.5 Å². The highest BCUT2D eigenvalue weighted by atomic mass is 15.4. The summed E-state index contributed by atoms with van der Waals surface area (Å²) < 4.78 is 2.07. The summed E-state index contributed by atoms with van der Waals surface area (Å²) in [4.78, 5) is 4.42. The number of hydrogen-bond donors (Lipinski definition) is 0.